The van der Waals surface area contributed by atoms with Gasteiger partial charge in [0.15, 0.2) is 0 Å². The van der Waals surface area contributed by atoms with Crippen LogP contribution in [0.25, 0.3) is 0 Å². The number of carbonyl (C=O) groups is 1. The average Bonchev–Trinajstić information content (AvgIpc) is 2.93. The molecule has 15 heavy (non-hydrogen) atoms. The summed E-state index contributed by atoms with van der Waals surface area (Å²) in [7, 11) is 1.74. The standard InChI is InChI=1S/C11H20N2O2/c1-7(11(14)13-8-3-4-8)12-9-5-10(6-9)15-2/h7-10,12H,3-6H2,1-2H3,(H,13,14). The number of carbonyl (C=O) groups excluding carboxylic acids is 1. The Morgan fingerprint density at radius 1 is 1.33 bits per heavy atom. The predicted octanol–water partition coefficient (Wildman–Crippen LogP) is 0.420. The van der Waals surface area contributed by atoms with Gasteiger partial charge in [-0.15, -0.1) is 0 Å². The summed E-state index contributed by atoms with van der Waals surface area (Å²) in [5, 5.41) is 6.32. The predicted molar refractivity (Wildman–Crippen MR) is 57.6 cm³/mol. The first-order chi connectivity index (χ1) is 7.19. The van der Waals surface area contributed by atoms with E-state index in [4.69, 9.17) is 4.74 Å². The summed E-state index contributed by atoms with van der Waals surface area (Å²) in [4.78, 5) is 11.6. The molecule has 2 aliphatic rings. The summed E-state index contributed by atoms with van der Waals surface area (Å²) >= 11 is 0. The van der Waals surface area contributed by atoms with Crippen LogP contribution >= 0.6 is 0 Å². The summed E-state index contributed by atoms with van der Waals surface area (Å²) in [6, 6.07) is 0.832. The summed E-state index contributed by atoms with van der Waals surface area (Å²) in [5.74, 6) is 0.137. The van der Waals surface area contributed by atoms with Crippen molar-refractivity contribution in [1.82, 2.24) is 10.6 Å². The second-order valence-corrected chi connectivity index (χ2v) is 4.70. The van der Waals surface area contributed by atoms with E-state index in [9.17, 15) is 4.79 Å². The fourth-order valence-corrected chi connectivity index (χ4v) is 1.88. The number of amides is 1. The lowest BCUT2D eigenvalue weighted by molar-refractivity contribution is -0.123. The summed E-state index contributed by atoms with van der Waals surface area (Å²) in [6.07, 6.45) is 4.73. The zero-order valence-electron chi connectivity index (χ0n) is 9.45. The minimum Gasteiger partial charge on any atom is -0.381 e. The SMILES string of the molecule is COC1CC(NC(C)C(=O)NC2CC2)C1. The second kappa shape index (κ2) is 4.49. The highest BCUT2D eigenvalue weighted by Gasteiger charge is 2.32. The van der Waals surface area contributed by atoms with E-state index in [0.29, 0.717) is 18.2 Å². The molecule has 2 fully saturated rings. The van der Waals surface area contributed by atoms with Crippen LogP contribution in [-0.2, 0) is 9.53 Å². The molecule has 2 N–H and O–H groups in total. The topological polar surface area (TPSA) is 50.4 Å². The van der Waals surface area contributed by atoms with Crippen LogP contribution in [0.15, 0.2) is 0 Å². The summed E-state index contributed by atoms with van der Waals surface area (Å²) < 4.78 is 5.19. The molecule has 2 rings (SSSR count). The van der Waals surface area contributed by atoms with Gasteiger partial charge in [0.1, 0.15) is 0 Å². The molecule has 1 atom stereocenters. The van der Waals surface area contributed by atoms with Gasteiger partial charge in [0.2, 0.25) is 5.91 Å². The van der Waals surface area contributed by atoms with E-state index < -0.39 is 0 Å². The number of hydrogen-bond donors (Lipinski definition) is 2. The maximum atomic E-state index is 11.6. The maximum absolute atomic E-state index is 11.6. The number of nitrogens with one attached hydrogen (secondary N) is 2. The van der Waals surface area contributed by atoms with Crippen LogP contribution in [0, 0.1) is 0 Å². The third kappa shape index (κ3) is 2.92. The van der Waals surface area contributed by atoms with E-state index in [-0.39, 0.29) is 11.9 Å². The van der Waals surface area contributed by atoms with E-state index in [1.165, 1.54) is 0 Å². The Hall–Kier alpha value is -0.610. The Morgan fingerprint density at radius 3 is 2.53 bits per heavy atom. The van der Waals surface area contributed by atoms with Gasteiger partial charge in [0.25, 0.3) is 0 Å². The first-order valence-electron chi connectivity index (χ1n) is 5.78. The van der Waals surface area contributed by atoms with Gasteiger partial charge in [-0.2, -0.15) is 0 Å². The molecule has 0 aromatic heterocycles. The minimum atomic E-state index is -0.0755. The van der Waals surface area contributed by atoms with Crippen molar-refractivity contribution in [2.45, 2.75) is 56.8 Å². The monoisotopic (exact) mass is 212 g/mol. The number of rotatable bonds is 5. The fourth-order valence-electron chi connectivity index (χ4n) is 1.88. The van der Waals surface area contributed by atoms with E-state index in [1.54, 1.807) is 7.11 Å². The molecule has 4 nitrogen and oxygen atoms in total. The normalized spacial score (nSPS) is 31.9. The van der Waals surface area contributed by atoms with Crippen molar-refractivity contribution >= 4 is 5.91 Å². The maximum Gasteiger partial charge on any atom is 0.237 e. The first-order valence-corrected chi connectivity index (χ1v) is 5.78. The number of methoxy groups -OCH3 is 1. The molecule has 4 heteroatoms. The van der Waals surface area contributed by atoms with Gasteiger partial charge in [-0.1, -0.05) is 0 Å². The summed E-state index contributed by atoms with van der Waals surface area (Å²) in [5.41, 5.74) is 0. The minimum absolute atomic E-state index is 0.0755. The molecular weight excluding hydrogens is 192 g/mol. The second-order valence-electron chi connectivity index (χ2n) is 4.70. The van der Waals surface area contributed by atoms with Crippen molar-refractivity contribution < 1.29 is 9.53 Å². The van der Waals surface area contributed by atoms with Crippen LogP contribution in [0.1, 0.15) is 32.6 Å². The van der Waals surface area contributed by atoms with Gasteiger partial charge in [-0.05, 0) is 32.6 Å². The van der Waals surface area contributed by atoms with Crippen molar-refractivity contribution in [3.05, 3.63) is 0 Å². The highest BCUT2D eigenvalue weighted by Crippen LogP contribution is 2.23. The Balaban J connectivity index is 1.63. The van der Waals surface area contributed by atoms with Crippen LogP contribution in [0.2, 0.25) is 0 Å². The van der Waals surface area contributed by atoms with Crippen molar-refractivity contribution in [1.29, 1.82) is 0 Å². The van der Waals surface area contributed by atoms with Crippen molar-refractivity contribution in [3.63, 3.8) is 0 Å². The Morgan fingerprint density at radius 2 is 2.00 bits per heavy atom. The van der Waals surface area contributed by atoms with Gasteiger partial charge in [-0.3, -0.25) is 4.79 Å². The molecular formula is C11H20N2O2. The molecule has 0 bridgehead atoms. The molecule has 0 aliphatic heterocycles. The van der Waals surface area contributed by atoms with Crippen LogP contribution in [0.5, 0.6) is 0 Å². The molecule has 0 aromatic rings. The van der Waals surface area contributed by atoms with Crippen LogP contribution in [-0.4, -0.2) is 37.2 Å². The summed E-state index contributed by atoms with van der Waals surface area (Å²) in [6.45, 7) is 1.93. The third-order valence-corrected chi connectivity index (χ3v) is 3.23. The largest absolute Gasteiger partial charge is 0.381 e. The lowest BCUT2D eigenvalue weighted by Gasteiger charge is -2.36. The third-order valence-electron chi connectivity index (χ3n) is 3.23. The van der Waals surface area contributed by atoms with Gasteiger partial charge >= 0.3 is 0 Å². The molecule has 0 spiro atoms. The van der Waals surface area contributed by atoms with Crippen molar-refractivity contribution in [2.24, 2.45) is 0 Å². The number of ether oxygens (including phenoxy) is 1. The van der Waals surface area contributed by atoms with E-state index in [0.717, 1.165) is 25.7 Å². The fraction of sp³-hybridized carbons (Fsp3) is 0.909. The Kier molecular flexibility index (Phi) is 3.26. The van der Waals surface area contributed by atoms with Gasteiger partial charge in [-0.25, -0.2) is 0 Å². The highest BCUT2D eigenvalue weighted by molar-refractivity contribution is 5.81. The lowest BCUT2D eigenvalue weighted by Crippen LogP contribution is -2.53. The molecule has 0 heterocycles. The van der Waals surface area contributed by atoms with Crippen LogP contribution < -0.4 is 10.6 Å². The van der Waals surface area contributed by atoms with Gasteiger partial charge in [0.05, 0.1) is 12.1 Å². The lowest BCUT2D eigenvalue weighted by atomic mass is 9.88. The van der Waals surface area contributed by atoms with E-state index >= 15 is 0 Å². The smallest absolute Gasteiger partial charge is 0.237 e. The molecule has 0 radical (unpaired) electrons. The molecule has 0 saturated heterocycles. The Bertz CT molecular complexity index is 235. The zero-order chi connectivity index (χ0) is 10.8. The van der Waals surface area contributed by atoms with Crippen molar-refractivity contribution in [3.8, 4) is 0 Å². The molecule has 86 valence electrons. The Labute approximate surface area is 90.8 Å². The van der Waals surface area contributed by atoms with Crippen LogP contribution in [0.4, 0.5) is 0 Å². The zero-order valence-corrected chi connectivity index (χ0v) is 9.45. The van der Waals surface area contributed by atoms with Gasteiger partial charge in [0, 0.05) is 19.2 Å². The van der Waals surface area contributed by atoms with Crippen molar-refractivity contribution in [2.75, 3.05) is 7.11 Å². The van der Waals surface area contributed by atoms with Gasteiger partial charge < -0.3 is 15.4 Å². The number of hydrogen-bond acceptors (Lipinski definition) is 3. The quantitative estimate of drug-likeness (QED) is 0.694. The average molecular weight is 212 g/mol. The van der Waals surface area contributed by atoms with Crippen LogP contribution in [0.3, 0.4) is 0 Å². The molecule has 2 aliphatic carbocycles. The highest BCUT2D eigenvalue weighted by atomic mass is 16.5. The van der Waals surface area contributed by atoms with E-state index in [2.05, 4.69) is 10.6 Å². The molecule has 1 amide bonds. The molecule has 0 aromatic carbocycles. The van der Waals surface area contributed by atoms with E-state index in [1.807, 2.05) is 6.92 Å². The first kappa shape index (κ1) is 10.9. The molecule has 2 saturated carbocycles. The molecule has 1 unspecified atom stereocenters.